The number of fused-ring (bicyclic) bond motifs is 1. The van der Waals surface area contributed by atoms with Crippen molar-refractivity contribution in [3.05, 3.63) is 83.6 Å². The Morgan fingerprint density at radius 2 is 1.69 bits per heavy atom. The SMILES string of the molecule is COc1cccc(/C=C2\Oc3cc(OCC(=O)Nc4cccc(OC)c4)ccc3C2=O)c1. The Morgan fingerprint density at radius 1 is 0.938 bits per heavy atom. The smallest absolute Gasteiger partial charge is 0.262 e. The van der Waals surface area contributed by atoms with Crippen LogP contribution in [0.25, 0.3) is 6.08 Å². The van der Waals surface area contributed by atoms with Gasteiger partial charge in [0.1, 0.15) is 23.0 Å². The lowest BCUT2D eigenvalue weighted by Gasteiger charge is -2.09. The zero-order chi connectivity index (χ0) is 22.5. The van der Waals surface area contributed by atoms with Crippen LogP contribution in [0.1, 0.15) is 15.9 Å². The average molecular weight is 431 g/mol. The van der Waals surface area contributed by atoms with E-state index in [1.807, 2.05) is 24.3 Å². The van der Waals surface area contributed by atoms with Gasteiger partial charge in [-0.15, -0.1) is 0 Å². The number of anilines is 1. The molecule has 0 atom stereocenters. The van der Waals surface area contributed by atoms with Crippen LogP contribution in [0.15, 0.2) is 72.5 Å². The lowest BCUT2D eigenvalue weighted by atomic mass is 10.1. The molecule has 1 heterocycles. The van der Waals surface area contributed by atoms with Crippen molar-refractivity contribution in [2.75, 3.05) is 26.1 Å². The molecule has 0 aromatic heterocycles. The Balaban J connectivity index is 1.41. The average Bonchev–Trinajstić information content (AvgIpc) is 3.12. The number of hydrogen-bond acceptors (Lipinski definition) is 6. The molecule has 1 aliphatic heterocycles. The summed E-state index contributed by atoms with van der Waals surface area (Å²) in [5.74, 6) is 1.79. The number of benzene rings is 3. The Kier molecular flexibility index (Phi) is 6.07. The summed E-state index contributed by atoms with van der Waals surface area (Å²) in [6, 6.07) is 19.2. The molecule has 1 amide bonds. The van der Waals surface area contributed by atoms with Gasteiger partial charge in [0.15, 0.2) is 12.4 Å². The fourth-order valence-corrected chi connectivity index (χ4v) is 3.19. The molecule has 0 bridgehead atoms. The summed E-state index contributed by atoms with van der Waals surface area (Å²) >= 11 is 0. The number of ether oxygens (including phenoxy) is 4. The van der Waals surface area contributed by atoms with Gasteiger partial charge >= 0.3 is 0 Å². The summed E-state index contributed by atoms with van der Waals surface area (Å²) in [7, 11) is 3.14. The maximum Gasteiger partial charge on any atom is 0.262 e. The van der Waals surface area contributed by atoms with Gasteiger partial charge in [-0.3, -0.25) is 9.59 Å². The minimum atomic E-state index is -0.325. The molecule has 162 valence electrons. The standard InChI is InChI=1S/C25H21NO6/c1-29-18-7-3-5-16(11-18)12-23-25(28)21-10-9-20(14-22(21)32-23)31-15-24(27)26-17-6-4-8-19(13-17)30-2/h3-14H,15H2,1-2H3,(H,26,27)/b23-12-. The van der Waals surface area contributed by atoms with E-state index in [9.17, 15) is 9.59 Å². The molecule has 1 N–H and O–H groups in total. The lowest BCUT2D eigenvalue weighted by molar-refractivity contribution is -0.118. The van der Waals surface area contributed by atoms with Crippen molar-refractivity contribution < 1.29 is 28.5 Å². The zero-order valence-electron chi connectivity index (χ0n) is 17.6. The third kappa shape index (κ3) is 4.73. The van der Waals surface area contributed by atoms with Crippen LogP contribution in [0, 0.1) is 0 Å². The van der Waals surface area contributed by atoms with E-state index >= 15 is 0 Å². The Hall–Kier alpha value is -4.26. The number of carbonyl (C=O) groups is 2. The van der Waals surface area contributed by atoms with Crippen LogP contribution < -0.4 is 24.3 Å². The highest BCUT2D eigenvalue weighted by Crippen LogP contribution is 2.35. The van der Waals surface area contributed by atoms with Crippen molar-refractivity contribution in [3.63, 3.8) is 0 Å². The Morgan fingerprint density at radius 3 is 2.47 bits per heavy atom. The number of carbonyl (C=O) groups excluding carboxylic acids is 2. The summed E-state index contributed by atoms with van der Waals surface area (Å²) in [4.78, 5) is 24.8. The van der Waals surface area contributed by atoms with Crippen molar-refractivity contribution in [2.24, 2.45) is 0 Å². The van der Waals surface area contributed by atoms with Gasteiger partial charge in [0, 0.05) is 17.8 Å². The number of rotatable bonds is 7. The minimum absolute atomic E-state index is 0.198. The molecule has 3 aromatic rings. The second-order valence-electron chi connectivity index (χ2n) is 6.94. The molecular weight excluding hydrogens is 410 g/mol. The molecule has 32 heavy (non-hydrogen) atoms. The van der Waals surface area contributed by atoms with Crippen molar-refractivity contribution in [3.8, 4) is 23.0 Å². The number of Topliss-reactive ketones (excluding diaryl/α,β-unsaturated/α-hetero) is 1. The largest absolute Gasteiger partial charge is 0.497 e. The second-order valence-corrected chi connectivity index (χ2v) is 6.94. The molecule has 0 radical (unpaired) electrons. The molecule has 0 fully saturated rings. The van der Waals surface area contributed by atoms with Gasteiger partial charge in [-0.25, -0.2) is 0 Å². The fraction of sp³-hybridized carbons (Fsp3) is 0.120. The first kappa shape index (κ1) is 21.0. The molecule has 3 aromatic carbocycles. The van der Waals surface area contributed by atoms with Gasteiger partial charge < -0.3 is 24.3 Å². The predicted octanol–water partition coefficient (Wildman–Crippen LogP) is 4.34. The van der Waals surface area contributed by atoms with Crippen LogP contribution in [-0.4, -0.2) is 32.5 Å². The van der Waals surface area contributed by atoms with Gasteiger partial charge in [0.25, 0.3) is 5.91 Å². The molecule has 0 unspecified atom stereocenters. The van der Waals surface area contributed by atoms with Gasteiger partial charge in [-0.2, -0.15) is 0 Å². The number of methoxy groups -OCH3 is 2. The van der Waals surface area contributed by atoms with Gasteiger partial charge in [-0.05, 0) is 48.0 Å². The van der Waals surface area contributed by atoms with E-state index in [1.165, 1.54) is 0 Å². The van der Waals surface area contributed by atoms with E-state index in [2.05, 4.69) is 5.32 Å². The summed E-state index contributed by atoms with van der Waals surface area (Å²) in [6.07, 6.45) is 1.66. The summed E-state index contributed by atoms with van der Waals surface area (Å²) in [6.45, 7) is -0.198. The van der Waals surface area contributed by atoms with Gasteiger partial charge in [0.05, 0.1) is 19.8 Å². The summed E-state index contributed by atoms with van der Waals surface area (Å²) < 4.78 is 21.7. The molecule has 0 saturated carbocycles. The highest BCUT2D eigenvalue weighted by molar-refractivity contribution is 6.14. The third-order valence-corrected chi connectivity index (χ3v) is 4.76. The molecule has 7 nitrogen and oxygen atoms in total. The second kappa shape index (κ2) is 9.26. The third-order valence-electron chi connectivity index (χ3n) is 4.76. The van der Waals surface area contributed by atoms with E-state index < -0.39 is 0 Å². The summed E-state index contributed by atoms with van der Waals surface area (Å²) in [5, 5.41) is 2.74. The fourth-order valence-electron chi connectivity index (χ4n) is 3.19. The van der Waals surface area contributed by atoms with Crippen molar-refractivity contribution in [1.82, 2.24) is 0 Å². The Bertz CT molecular complexity index is 1200. The van der Waals surface area contributed by atoms with E-state index in [4.69, 9.17) is 18.9 Å². The number of hydrogen-bond donors (Lipinski definition) is 1. The van der Waals surface area contributed by atoms with Crippen LogP contribution >= 0.6 is 0 Å². The highest BCUT2D eigenvalue weighted by atomic mass is 16.5. The molecule has 4 rings (SSSR count). The quantitative estimate of drug-likeness (QED) is 0.561. The lowest BCUT2D eigenvalue weighted by Crippen LogP contribution is -2.20. The highest BCUT2D eigenvalue weighted by Gasteiger charge is 2.27. The van der Waals surface area contributed by atoms with Crippen LogP contribution in [0.2, 0.25) is 0 Å². The first-order valence-electron chi connectivity index (χ1n) is 9.85. The normalized spacial score (nSPS) is 13.3. The number of allylic oxidation sites excluding steroid dienone is 1. The number of ketones is 1. The topological polar surface area (TPSA) is 83.1 Å². The van der Waals surface area contributed by atoms with Crippen LogP contribution in [0.4, 0.5) is 5.69 Å². The first-order valence-corrected chi connectivity index (χ1v) is 9.85. The minimum Gasteiger partial charge on any atom is -0.497 e. The van der Waals surface area contributed by atoms with E-state index in [0.717, 1.165) is 5.56 Å². The maximum absolute atomic E-state index is 12.6. The summed E-state index contributed by atoms with van der Waals surface area (Å²) in [5.41, 5.74) is 1.83. The van der Waals surface area contributed by atoms with Gasteiger partial charge in [0.2, 0.25) is 5.78 Å². The Labute approximate surface area is 185 Å². The monoisotopic (exact) mass is 431 g/mol. The first-order chi connectivity index (χ1) is 15.6. The van der Waals surface area contributed by atoms with Crippen LogP contribution in [0.3, 0.4) is 0 Å². The van der Waals surface area contributed by atoms with Gasteiger partial charge in [-0.1, -0.05) is 18.2 Å². The van der Waals surface area contributed by atoms with E-state index in [-0.39, 0.29) is 24.1 Å². The molecule has 1 aliphatic rings. The van der Waals surface area contributed by atoms with Crippen molar-refractivity contribution in [2.45, 2.75) is 0 Å². The molecule has 7 heteroatoms. The van der Waals surface area contributed by atoms with Crippen molar-refractivity contribution >= 4 is 23.5 Å². The molecular formula is C25H21NO6. The van der Waals surface area contributed by atoms with Crippen LogP contribution in [0.5, 0.6) is 23.0 Å². The van der Waals surface area contributed by atoms with E-state index in [0.29, 0.717) is 34.2 Å². The number of nitrogens with one attached hydrogen (secondary N) is 1. The predicted molar refractivity (Wildman–Crippen MR) is 119 cm³/mol. The zero-order valence-corrected chi connectivity index (χ0v) is 17.6. The van der Waals surface area contributed by atoms with Crippen LogP contribution in [-0.2, 0) is 4.79 Å². The van der Waals surface area contributed by atoms with Crippen molar-refractivity contribution in [1.29, 1.82) is 0 Å². The number of amides is 1. The van der Waals surface area contributed by atoms with E-state index in [1.54, 1.807) is 62.8 Å². The maximum atomic E-state index is 12.6. The molecule has 0 aliphatic carbocycles. The molecule has 0 spiro atoms. The molecule has 0 saturated heterocycles.